The first-order valence-corrected chi connectivity index (χ1v) is 10.8. The Hall–Kier alpha value is 0.269. The molecule has 86 valence electrons. The van der Waals surface area contributed by atoms with Gasteiger partial charge in [-0.1, -0.05) is 0 Å². The number of rotatable bonds is 6. The molecule has 1 aliphatic heterocycles. The van der Waals surface area contributed by atoms with E-state index in [4.69, 9.17) is 0 Å². The molecule has 2 nitrogen and oxygen atoms in total. The van der Waals surface area contributed by atoms with Gasteiger partial charge in [0.2, 0.25) is 0 Å². The molecule has 0 aromatic rings. The molecule has 0 saturated carbocycles. The molecule has 1 fully saturated rings. The molecule has 1 saturated heterocycles. The molecule has 3 heteroatoms. The number of carbonyl (C=O) groups is 1. The summed E-state index contributed by atoms with van der Waals surface area (Å²) in [5.74, 6) is 0.341. The number of carbonyl (C=O) groups excluding carboxylic acids is 1. The first-order valence-electron chi connectivity index (χ1n) is 6.24. The Balaban J connectivity index is 2.74. The van der Waals surface area contributed by atoms with Crippen molar-refractivity contribution in [3.63, 3.8) is 0 Å². The molecule has 0 amide bonds. The molecule has 0 radical (unpaired) electrons. The number of ketones is 1. The van der Waals surface area contributed by atoms with Crippen LogP contribution in [-0.2, 0) is 7.87 Å². The fourth-order valence-corrected chi connectivity index (χ4v) is 9.01. The van der Waals surface area contributed by atoms with Crippen LogP contribution in [0.25, 0.3) is 0 Å². The van der Waals surface area contributed by atoms with Gasteiger partial charge >= 0.3 is 100 Å². The van der Waals surface area contributed by atoms with Gasteiger partial charge in [0.1, 0.15) is 0 Å². The average molecular weight is 317 g/mol. The molecule has 0 atom stereocenters. The minimum absolute atomic E-state index is 0.283. The van der Waals surface area contributed by atoms with E-state index in [1.807, 2.05) is 0 Å². The van der Waals surface area contributed by atoms with Crippen molar-refractivity contribution in [1.29, 1.82) is 0 Å². The fourth-order valence-electron chi connectivity index (χ4n) is 2.50. The normalized spacial score (nSPS) is 19.9. The molecule has 0 aromatic carbocycles. The fraction of sp³-hybridized carbons (Fsp3) is 0.917. The van der Waals surface area contributed by atoms with Crippen molar-refractivity contribution >= 4 is 25.5 Å². The second kappa shape index (κ2) is 6.11. The number of hydrogen-bond acceptors (Lipinski definition) is 2. The van der Waals surface area contributed by atoms with Crippen molar-refractivity contribution in [2.45, 2.75) is 66.7 Å². The van der Waals surface area contributed by atoms with Gasteiger partial charge in [0.15, 0.2) is 0 Å². The monoisotopic (exact) mass is 318 g/mol. The first kappa shape index (κ1) is 13.3. The summed E-state index contributed by atoms with van der Waals surface area (Å²) >= 11 is -2.60. The van der Waals surface area contributed by atoms with Crippen LogP contribution in [0.1, 0.15) is 58.8 Å². The van der Waals surface area contributed by atoms with Crippen LogP contribution in [0.5, 0.6) is 0 Å². The molecule has 0 N–H and O–H groups in total. The van der Waals surface area contributed by atoms with Gasteiger partial charge in [-0.25, -0.2) is 0 Å². The van der Waals surface area contributed by atoms with Crippen LogP contribution in [0.2, 0.25) is 7.87 Å². The van der Waals surface area contributed by atoms with Crippen molar-refractivity contribution < 1.29 is 7.87 Å². The van der Waals surface area contributed by atoms with Crippen LogP contribution in [-0.4, -0.2) is 25.5 Å². The van der Waals surface area contributed by atoms with Gasteiger partial charge in [-0.15, -0.1) is 0 Å². The second-order valence-corrected chi connectivity index (χ2v) is 11.2. The van der Waals surface area contributed by atoms with E-state index < -0.39 is 19.7 Å². The maximum absolute atomic E-state index is 12.2. The van der Waals surface area contributed by atoms with E-state index >= 15 is 0 Å². The third kappa shape index (κ3) is 2.89. The van der Waals surface area contributed by atoms with E-state index in [-0.39, 0.29) is 3.43 Å². The number of unbranched alkanes of at least 4 members (excludes halogenated alkanes) is 2. The summed E-state index contributed by atoms with van der Waals surface area (Å²) in [5, 5.41) is 0. The summed E-state index contributed by atoms with van der Waals surface area (Å²) in [5.41, 5.74) is 0. The molecule has 1 heterocycles. The van der Waals surface area contributed by atoms with E-state index in [1.54, 1.807) is 0 Å². The molecule has 0 bridgehead atoms. The Kier molecular flexibility index (Phi) is 5.44. The first-order chi connectivity index (χ1) is 7.17. The van der Waals surface area contributed by atoms with Crippen LogP contribution in [0.15, 0.2) is 0 Å². The van der Waals surface area contributed by atoms with Crippen molar-refractivity contribution in [2.75, 3.05) is 0 Å². The molecule has 1 aliphatic rings. The van der Waals surface area contributed by atoms with Crippen LogP contribution < -0.4 is 0 Å². The van der Waals surface area contributed by atoms with Gasteiger partial charge in [-0.05, 0) is 0 Å². The van der Waals surface area contributed by atoms with Crippen LogP contribution in [0, 0.1) is 0 Å². The van der Waals surface area contributed by atoms with Crippen LogP contribution >= 0.6 is 0 Å². The summed E-state index contributed by atoms with van der Waals surface area (Å²) < 4.78 is 12.7. The Morgan fingerprint density at radius 3 is 2.07 bits per heavy atom. The van der Waals surface area contributed by atoms with Crippen LogP contribution in [0.4, 0.5) is 0 Å². The Morgan fingerprint density at radius 2 is 1.73 bits per heavy atom. The molecule has 1 rings (SSSR count). The topological polar surface area (TPSA) is 34.1 Å². The van der Waals surface area contributed by atoms with E-state index in [1.165, 1.54) is 0 Å². The SMILES string of the molecule is CCCC[C]1(CCCC)C(=O)C[CH2][Sn]1=[O]. The Labute approximate surface area is 99.9 Å². The zero-order valence-electron chi connectivity index (χ0n) is 9.97. The number of Topliss-reactive ketones (excluding diaryl/α,β-unsaturated/α-hetero) is 1. The summed E-state index contributed by atoms with van der Waals surface area (Å²) in [6.45, 7) is 4.28. The summed E-state index contributed by atoms with van der Waals surface area (Å²) in [6.07, 6.45) is 6.81. The quantitative estimate of drug-likeness (QED) is 0.703. The third-order valence-electron chi connectivity index (χ3n) is 3.56. The second-order valence-electron chi connectivity index (χ2n) is 4.64. The zero-order valence-corrected chi connectivity index (χ0v) is 12.8. The van der Waals surface area contributed by atoms with Crippen molar-refractivity contribution in [3.8, 4) is 0 Å². The molecule has 0 unspecified atom stereocenters. The predicted molar refractivity (Wildman–Crippen MR) is 62.6 cm³/mol. The predicted octanol–water partition coefficient (Wildman–Crippen LogP) is 3.50. The zero-order chi connectivity index (χ0) is 11.3. The van der Waals surface area contributed by atoms with Gasteiger partial charge in [-0.3, -0.25) is 0 Å². The van der Waals surface area contributed by atoms with Gasteiger partial charge < -0.3 is 0 Å². The standard InChI is InChI=1S/C12H22O.O.Sn/c1-4-7-9-11(10-8-5-2)12(13)6-3;;/h3-10H2,1-2H3;;. The molecule has 0 aromatic heterocycles. The number of hydrogen-bond donors (Lipinski definition) is 0. The summed E-state index contributed by atoms with van der Waals surface area (Å²) in [7, 11) is 0. The van der Waals surface area contributed by atoms with Crippen molar-refractivity contribution in [1.82, 2.24) is 0 Å². The molecular weight excluding hydrogens is 295 g/mol. The molecule has 15 heavy (non-hydrogen) atoms. The van der Waals surface area contributed by atoms with Crippen molar-refractivity contribution in [3.05, 3.63) is 0 Å². The van der Waals surface area contributed by atoms with Crippen LogP contribution in [0.3, 0.4) is 0 Å². The summed E-state index contributed by atoms with van der Waals surface area (Å²) in [6, 6.07) is 0. The van der Waals surface area contributed by atoms with E-state index in [0.29, 0.717) is 12.2 Å². The van der Waals surface area contributed by atoms with Gasteiger partial charge in [-0.2, -0.15) is 0 Å². The third-order valence-corrected chi connectivity index (χ3v) is 10.8. The molecule has 0 spiro atoms. The van der Waals surface area contributed by atoms with Crippen molar-refractivity contribution in [2.24, 2.45) is 0 Å². The average Bonchev–Trinajstić information content (AvgIpc) is 2.51. The maximum atomic E-state index is 12.2. The van der Waals surface area contributed by atoms with Gasteiger partial charge in [0, 0.05) is 0 Å². The Bertz CT molecular complexity index is 222. The Morgan fingerprint density at radius 1 is 1.20 bits per heavy atom. The minimum atomic E-state index is -2.60. The van der Waals surface area contributed by atoms with E-state index in [0.717, 1.165) is 43.0 Å². The summed E-state index contributed by atoms with van der Waals surface area (Å²) in [4.78, 5) is 12.0. The molecule has 0 aliphatic carbocycles. The van der Waals surface area contributed by atoms with Gasteiger partial charge in [0.05, 0.1) is 0 Å². The van der Waals surface area contributed by atoms with Gasteiger partial charge in [0.25, 0.3) is 0 Å². The molecular formula is C12H22O2Sn. The van der Waals surface area contributed by atoms with E-state index in [9.17, 15) is 7.87 Å². The van der Waals surface area contributed by atoms with E-state index in [2.05, 4.69) is 13.8 Å².